The van der Waals surface area contributed by atoms with E-state index in [9.17, 15) is 5.26 Å². The minimum Gasteiger partial charge on any atom is -0.366 e. The monoisotopic (exact) mass is 258 g/mol. The highest BCUT2D eigenvalue weighted by Crippen LogP contribution is 2.24. The summed E-state index contributed by atoms with van der Waals surface area (Å²) in [5.74, 6) is 0.757. The van der Waals surface area contributed by atoms with Crippen molar-refractivity contribution in [2.24, 2.45) is 0 Å². The van der Waals surface area contributed by atoms with E-state index in [1.54, 1.807) is 0 Å². The van der Waals surface area contributed by atoms with Gasteiger partial charge in [0.25, 0.3) is 0 Å². The quantitative estimate of drug-likeness (QED) is 0.874. The Morgan fingerprint density at radius 1 is 1.21 bits per heavy atom. The molecule has 1 aromatic heterocycles. The average Bonchev–Trinajstić information content (AvgIpc) is 2.39. The second kappa shape index (κ2) is 6.03. The summed E-state index contributed by atoms with van der Waals surface area (Å²) in [7, 11) is 2.03. The van der Waals surface area contributed by atoms with Crippen LogP contribution < -0.4 is 10.6 Å². The van der Waals surface area contributed by atoms with Crippen LogP contribution >= 0.6 is 0 Å². The first-order valence-corrected chi connectivity index (χ1v) is 6.96. The molecule has 2 N–H and O–H groups in total. The SMILES string of the molecule is CNC1CCC(Nc2nc(C)cc(C)c2C#N)CC1. The molecule has 4 nitrogen and oxygen atoms in total. The summed E-state index contributed by atoms with van der Waals surface area (Å²) in [5.41, 5.74) is 2.64. The van der Waals surface area contributed by atoms with Gasteiger partial charge in [0, 0.05) is 17.8 Å². The summed E-state index contributed by atoms with van der Waals surface area (Å²) in [6, 6.07) is 5.30. The first-order valence-electron chi connectivity index (χ1n) is 6.96. The lowest BCUT2D eigenvalue weighted by atomic mass is 9.91. The number of aromatic nitrogens is 1. The third-order valence-electron chi connectivity index (χ3n) is 3.93. The van der Waals surface area contributed by atoms with Crippen molar-refractivity contribution in [2.75, 3.05) is 12.4 Å². The Hall–Kier alpha value is -1.60. The van der Waals surface area contributed by atoms with E-state index in [1.807, 2.05) is 27.0 Å². The minimum atomic E-state index is 0.436. The highest BCUT2D eigenvalue weighted by atomic mass is 15.0. The van der Waals surface area contributed by atoms with E-state index in [4.69, 9.17) is 0 Å². The Morgan fingerprint density at radius 2 is 1.84 bits per heavy atom. The number of hydrogen-bond donors (Lipinski definition) is 2. The van der Waals surface area contributed by atoms with E-state index in [-0.39, 0.29) is 0 Å². The third-order valence-corrected chi connectivity index (χ3v) is 3.93. The van der Waals surface area contributed by atoms with Gasteiger partial charge in [-0.25, -0.2) is 4.98 Å². The van der Waals surface area contributed by atoms with Crippen LogP contribution in [-0.2, 0) is 0 Å². The van der Waals surface area contributed by atoms with Gasteiger partial charge in [0.1, 0.15) is 11.9 Å². The normalized spacial score (nSPS) is 22.8. The van der Waals surface area contributed by atoms with Gasteiger partial charge in [-0.15, -0.1) is 0 Å². The largest absolute Gasteiger partial charge is 0.366 e. The molecule has 1 aliphatic rings. The predicted octanol–water partition coefficient (Wildman–Crippen LogP) is 2.51. The van der Waals surface area contributed by atoms with Crippen molar-refractivity contribution in [1.29, 1.82) is 5.26 Å². The zero-order valence-electron chi connectivity index (χ0n) is 12.0. The van der Waals surface area contributed by atoms with Crippen molar-refractivity contribution >= 4 is 5.82 Å². The van der Waals surface area contributed by atoms with Crippen LogP contribution in [0.2, 0.25) is 0 Å². The first-order chi connectivity index (χ1) is 9.13. The van der Waals surface area contributed by atoms with Crippen LogP contribution in [0.1, 0.15) is 42.5 Å². The Kier molecular flexibility index (Phi) is 4.39. The predicted molar refractivity (Wildman–Crippen MR) is 77.2 cm³/mol. The number of nitriles is 1. The summed E-state index contributed by atoms with van der Waals surface area (Å²) in [6.07, 6.45) is 4.62. The summed E-state index contributed by atoms with van der Waals surface area (Å²) in [4.78, 5) is 4.49. The second-order valence-electron chi connectivity index (χ2n) is 5.40. The van der Waals surface area contributed by atoms with Crippen LogP contribution in [0.5, 0.6) is 0 Å². The Bertz CT molecular complexity index is 482. The van der Waals surface area contributed by atoms with Crippen LogP contribution in [0, 0.1) is 25.2 Å². The first kappa shape index (κ1) is 13.8. The molecule has 0 radical (unpaired) electrons. The molecule has 4 heteroatoms. The lowest BCUT2D eigenvalue weighted by molar-refractivity contribution is 0.371. The van der Waals surface area contributed by atoms with E-state index in [0.717, 1.165) is 29.9 Å². The third kappa shape index (κ3) is 3.24. The maximum absolute atomic E-state index is 9.26. The summed E-state index contributed by atoms with van der Waals surface area (Å²) < 4.78 is 0. The average molecular weight is 258 g/mol. The van der Waals surface area contributed by atoms with E-state index in [1.165, 1.54) is 12.8 Å². The zero-order valence-corrected chi connectivity index (χ0v) is 12.0. The molecule has 0 unspecified atom stereocenters. The van der Waals surface area contributed by atoms with Gasteiger partial charge in [0.2, 0.25) is 0 Å². The summed E-state index contributed by atoms with van der Waals surface area (Å²) in [5, 5.41) is 16.1. The molecule has 0 aromatic carbocycles. The molecule has 1 aliphatic carbocycles. The molecule has 0 aliphatic heterocycles. The van der Waals surface area contributed by atoms with Crippen LogP contribution in [-0.4, -0.2) is 24.1 Å². The highest BCUT2D eigenvalue weighted by Gasteiger charge is 2.21. The molecule has 2 rings (SSSR count). The van der Waals surface area contributed by atoms with Crippen molar-refractivity contribution in [3.8, 4) is 6.07 Å². The minimum absolute atomic E-state index is 0.436. The fraction of sp³-hybridized carbons (Fsp3) is 0.600. The van der Waals surface area contributed by atoms with Crippen molar-refractivity contribution in [2.45, 2.75) is 51.6 Å². The van der Waals surface area contributed by atoms with Gasteiger partial charge in [-0.3, -0.25) is 0 Å². The maximum Gasteiger partial charge on any atom is 0.144 e. The number of hydrogen-bond acceptors (Lipinski definition) is 4. The van der Waals surface area contributed by atoms with Gasteiger partial charge in [0.15, 0.2) is 0 Å². The van der Waals surface area contributed by atoms with Crippen molar-refractivity contribution in [3.63, 3.8) is 0 Å². The molecule has 1 fully saturated rings. The maximum atomic E-state index is 9.26. The Labute approximate surface area is 115 Å². The van der Waals surface area contributed by atoms with Crippen LogP contribution in [0.4, 0.5) is 5.82 Å². The Morgan fingerprint density at radius 3 is 2.42 bits per heavy atom. The molecule has 19 heavy (non-hydrogen) atoms. The van der Waals surface area contributed by atoms with E-state index < -0.39 is 0 Å². The van der Waals surface area contributed by atoms with Gasteiger partial charge in [-0.2, -0.15) is 5.26 Å². The van der Waals surface area contributed by atoms with E-state index in [0.29, 0.717) is 17.6 Å². The van der Waals surface area contributed by atoms with Crippen LogP contribution in [0.25, 0.3) is 0 Å². The summed E-state index contributed by atoms with van der Waals surface area (Å²) in [6.45, 7) is 3.94. The smallest absolute Gasteiger partial charge is 0.144 e. The van der Waals surface area contributed by atoms with Gasteiger partial charge in [0.05, 0.1) is 5.56 Å². The molecule has 0 amide bonds. The molecule has 1 saturated carbocycles. The molecule has 0 spiro atoms. The van der Waals surface area contributed by atoms with Gasteiger partial charge in [-0.05, 0) is 58.2 Å². The lowest BCUT2D eigenvalue weighted by Crippen LogP contribution is -2.35. The molecule has 0 atom stereocenters. The standard InChI is InChI=1S/C15H22N4/c1-10-8-11(2)18-15(14(10)9-16)19-13-6-4-12(17-3)5-7-13/h8,12-13,17H,4-7H2,1-3H3,(H,18,19). The second-order valence-corrected chi connectivity index (χ2v) is 5.40. The number of rotatable bonds is 3. The molecular formula is C15H22N4. The number of nitrogens with zero attached hydrogens (tertiary/aromatic N) is 2. The lowest BCUT2D eigenvalue weighted by Gasteiger charge is -2.29. The van der Waals surface area contributed by atoms with Crippen molar-refractivity contribution in [1.82, 2.24) is 10.3 Å². The van der Waals surface area contributed by atoms with Gasteiger partial charge in [-0.1, -0.05) is 0 Å². The summed E-state index contributed by atoms with van der Waals surface area (Å²) >= 11 is 0. The van der Waals surface area contributed by atoms with Crippen LogP contribution in [0.3, 0.4) is 0 Å². The zero-order chi connectivity index (χ0) is 13.8. The van der Waals surface area contributed by atoms with Crippen LogP contribution in [0.15, 0.2) is 6.07 Å². The number of anilines is 1. The van der Waals surface area contributed by atoms with Crippen molar-refractivity contribution in [3.05, 3.63) is 22.9 Å². The van der Waals surface area contributed by atoms with E-state index in [2.05, 4.69) is 21.7 Å². The highest BCUT2D eigenvalue weighted by molar-refractivity contribution is 5.56. The molecule has 1 aromatic rings. The molecule has 0 saturated heterocycles. The van der Waals surface area contributed by atoms with E-state index >= 15 is 0 Å². The fourth-order valence-corrected chi connectivity index (χ4v) is 2.80. The van der Waals surface area contributed by atoms with Crippen molar-refractivity contribution < 1.29 is 0 Å². The Balaban J connectivity index is 2.10. The number of aryl methyl sites for hydroxylation is 2. The van der Waals surface area contributed by atoms with Gasteiger partial charge < -0.3 is 10.6 Å². The van der Waals surface area contributed by atoms with Gasteiger partial charge >= 0.3 is 0 Å². The molecule has 1 heterocycles. The fourth-order valence-electron chi connectivity index (χ4n) is 2.80. The molecule has 102 valence electrons. The number of pyridine rings is 1. The molecular weight excluding hydrogens is 236 g/mol. The topological polar surface area (TPSA) is 60.7 Å². The molecule has 0 bridgehead atoms. The number of nitrogens with one attached hydrogen (secondary N) is 2.